The number of imidazole rings is 1. The Morgan fingerprint density at radius 3 is 2.68 bits per heavy atom. The molecule has 1 unspecified atom stereocenters. The fraction of sp³-hybridized carbons (Fsp3) is 0.429. The third-order valence-corrected chi connectivity index (χ3v) is 3.24. The van der Waals surface area contributed by atoms with Crippen molar-refractivity contribution in [1.29, 1.82) is 0 Å². The van der Waals surface area contributed by atoms with E-state index in [2.05, 4.69) is 10.3 Å². The van der Waals surface area contributed by atoms with E-state index in [-0.39, 0.29) is 5.69 Å². The van der Waals surface area contributed by atoms with Gasteiger partial charge in [0.05, 0.1) is 24.3 Å². The number of rotatable bonds is 4. The van der Waals surface area contributed by atoms with Gasteiger partial charge in [-0.3, -0.25) is 9.20 Å². The second kappa shape index (κ2) is 5.60. The molecule has 0 aliphatic rings. The summed E-state index contributed by atoms with van der Waals surface area (Å²) in [5, 5.41) is 12.1. The molecule has 2 N–H and O–H groups in total. The average molecular weight is 315 g/mol. The largest absolute Gasteiger partial charge is 0.391 e. The predicted molar refractivity (Wildman–Crippen MR) is 73.4 cm³/mol. The van der Waals surface area contributed by atoms with Crippen LogP contribution < -0.4 is 5.32 Å². The first kappa shape index (κ1) is 16.3. The van der Waals surface area contributed by atoms with Crippen molar-refractivity contribution < 1.29 is 23.1 Å². The van der Waals surface area contributed by atoms with Crippen LogP contribution in [-0.4, -0.2) is 38.2 Å². The first-order valence-electron chi connectivity index (χ1n) is 6.60. The van der Waals surface area contributed by atoms with Crippen LogP contribution in [0.4, 0.5) is 13.2 Å². The summed E-state index contributed by atoms with van der Waals surface area (Å²) >= 11 is 0. The van der Waals surface area contributed by atoms with Crippen molar-refractivity contribution in [2.75, 3.05) is 0 Å². The maximum Gasteiger partial charge on any atom is 0.391 e. The normalized spacial score (nSPS) is 14.1. The van der Waals surface area contributed by atoms with Crippen molar-refractivity contribution in [1.82, 2.24) is 14.7 Å². The lowest BCUT2D eigenvalue weighted by Gasteiger charge is -2.30. The zero-order valence-corrected chi connectivity index (χ0v) is 12.1. The lowest BCUT2D eigenvalue weighted by Crippen LogP contribution is -2.51. The number of amides is 1. The Bertz CT molecular complexity index is 674. The van der Waals surface area contributed by atoms with Crippen molar-refractivity contribution in [2.24, 2.45) is 0 Å². The highest BCUT2D eigenvalue weighted by molar-refractivity contribution is 5.93. The Kier molecular flexibility index (Phi) is 4.15. The first-order chi connectivity index (χ1) is 10.1. The molecule has 120 valence electrons. The van der Waals surface area contributed by atoms with Crippen molar-refractivity contribution in [3.63, 3.8) is 0 Å². The Labute approximate surface area is 124 Å². The lowest BCUT2D eigenvalue weighted by molar-refractivity contribution is -0.151. The van der Waals surface area contributed by atoms with Gasteiger partial charge in [-0.2, -0.15) is 13.2 Å². The van der Waals surface area contributed by atoms with E-state index in [1.807, 2.05) is 0 Å². The number of carbonyl (C=O) groups is 1. The number of aromatic nitrogens is 2. The molecular formula is C14H16F3N3O2. The molecule has 0 aliphatic carbocycles. The van der Waals surface area contributed by atoms with Crippen LogP contribution in [0.2, 0.25) is 0 Å². The van der Waals surface area contributed by atoms with Gasteiger partial charge in [-0.25, -0.2) is 4.98 Å². The zero-order valence-electron chi connectivity index (χ0n) is 12.1. The van der Waals surface area contributed by atoms with Crippen LogP contribution in [0.25, 0.3) is 5.65 Å². The topological polar surface area (TPSA) is 66.6 Å². The highest BCUT2D eigenvalue weighted by atomic mass is 19.4. The second-order valence-corrected chi connectivity index (χ2v) is 5.57. The lowest BCUT2D eigenvalue weighted by atomic mass is 9.95. The molecule has 2 rings (SSSR count). The SMILES string of the molecule is CC(C)(O)C(CC(F)(F)F)NC(=O)c1cnc2ccccn12. The standard InChI is InChI=1S/C14H16F3N3O2/c1-13(2,22)10(7-14(15,16)17)19-12(21)9-8-18-11-5-3-4-6-20(9)11/h3-6,8,10,22H,7H2,1-2H3,(H,19,21). The van der Waals surface area contributed by atoms with Gasteiger partial charge in [0.25, 0.3) is 5.91 Å². The maximum atomic E-state index is 12.6. The number of nitrogens with one attached hydrogen (secondary N) is 1. The highest BCUT2D eigenvalue weighted by Gasteiger charge is 2.39. The van der Waals surface area contributed by atoms with Crippen molar-refractivity contribution in [2.45, 2.75) is 38.1 Å². The minimum absolute atomic E-state index is 0.104. The highest BCUT2D eigenvalue weighted by Crippen LogP contribution is 2.26. The Morgan fingerprint density at radius 1 is 1.41 bits per heavy atom. The van der Waals surface area contributed by atoms with E-state index in [4.69, 9.17) is 0 Å². The number of nitrogens with zero attached hydrogens (tertiary/aromatic N) is 2. The molecule has 2 aromatic rings. The Balaban J connectivity index is 2.24. The average Bonchev–Trinajstić information content (AvgIpc) is 2.79. The summed E-state index contributed by atoms with van der Waals surface area (Å²) in [5.74, 6) is -0.727. The van der Waals surface area contributed by atoms with Crippen LogP contribution in [0.1, 0.15) is 30.8 Å². The number of carbonyl (C=O) groups excluding carboxylic acids is 1. The van der Waals surface area contributed by atoms with E-state index < -0.39 is 30.1 Å². The molecule has 0 saturated heterocycles. The number of fused-ring (bicyclic) bond motifs is 1. The molecule has 1 atom stereocenters. The summed E-state index contributed by atoms with van der Waals surface area (Å²) in [6.45, 7) is 2.44. The third-order valence-electron chi connectivity index (χ3n) is 3.24. The predicted octanol–water partition coefficient (Wildman–Crippen LogP) is 2.16. The van der Waals surface area contributed by atoms with Crippen LogP contribution in [0.15, 0.2) is 30.6 Å². The van der Waals surface area contributed by atoms with Gasteiger partial charge in [-0.05, 0) is 26.0 Å². The molecule has 0 radical (unpaired) electrons. The molecular weight excluding hydrogens is 299 g/mol. The zero-order chi connectivity index (χ0) is 16.5. The fourth-order valence-electron chi connectivity index (χ4n) is 2.04. The number of halogens is 3. The Hall–Kier alpha value is -2.09. The summed E-state index contributed by atoms with van der Waals surface area (Å²) in [7, 11) is 0. The summed E-state index contributed by atoms with van der Waals surface area (Å²) in [5.41, 5.74) is -1.11. The monoisotopic (exact) mass is 315 g/mol. The molecule has 0 fully saturated rings. The first-order valence-corrected chi connectivity index (χ1v) is 6.60. The van der Waals surface area contributed by atoms with Crippen LogP contribution in [0.5, 0.6) is 0 Å². The third kappa shape index (κ3) is 3.76. The van der Waals surface area contributed by atoms with Gasteiger partial charge in [-0.1, -0.05) is 6.07 Å². The molecule has 22 heavy (non-hydrogen) atoms. The maximum absolute atomic E-state index is 12.6. The van der Waals surface area contributed by atoms with E-state index in [9.17, 15) is 23.1 Å². The smallest absolute Gasteiger partial charge is 0.388 e. The minimum Gasteiger partial charge on any atom is -0.388 e. The van der Waals surface area contributed by atoms with Gasteiger partial charge < -0.3 is 10.4 Å². The van der Waals surface area contributed by atoms with E-state index in [1.165, 1.54) is 24.4 Å². The van der Waals surface area contributed by atoms with Crippen molar-refractivity contribution in [3.05, 3.63) is 36.3 Å². The molecule has 0 bridgehead atoms. The molecule has 2 aromatic heterocycles. The van der Waals surface area contributed by atoms with Gasteiger partial charge in [0.15, 0.2) is 0 Å². The van der Waals surface area contributed by atoms with Crippen LogP contribution in [0.3, 0.4) is 0 Å². The van der Waals surface area contributed by atoms with E-state index >= 15 is 0 Å². The quantitative estimate of drug-likeness (QED) is 0.908. The molecule has 0 aromatic carbocycles. The molecule has 0 saturated carbocycles. The number of pyridine rings is 1. The number of hydrogen-bond donors (Lipinski definition) is 2. The molecule has 8 heteroatoms. The van der Waals surface area contributed by atoms with Gasteiger partial charge in [-0.15, -0.1) is 0 Å². The van der Waals surface area contributed by atoms with Gasteiger partial charge in [0.1, 0.15) is 11.3 Å². The van der Waals surface area contributed by atoms with Crippen LogP contribution in [-0.2, 0) is 0 Å². The van der Waals surface area contributed by atoms with Crippen LogP contribution >= 0.6 is 0 Å². The van der Waals surface area contributed by atoms with Crippen LogP contribution in [0, 0.1) is 0 Å². The molecule has 2 heterocycles. The number of alkyl halides is 3. The summed E-state index contributed by atoms with van der Waals surface area (Å²) in [6, 6.07) is 3.61. The molecule has 5 nitrogen and oxygen atoms in total. The van der Waals surface area contributed by atoms with Crippen molar-refractivity contribution >= 4 is 11.6 Å². The van der Waals surface area contributed by atoms with Gasteiger partial charge >= 0.3 is 6.18 Å². The van der Waals surface area contributed by atoms with E-state index in [0.29, 0.717) is 5.65 Å². The summed E-state index contributed by atoms with van der Waals surface area (Å²) in [6.07, 6.45) is -2.96. The van der Waals surface area contributed by atoms with E-state index in [0.717, 1.165) is 0 Å². The van der Waals surface area contributed by atoms with E-state index in [1.54, 1.807) is 24.4 Å². The van der Waals surface area contributed by atoms with Gasteiger partial charge in [0, 0.05) is 6.20 Å². The van der Waals surface area contributed by atoms with Gasteiger partial charge in [0.2, 0.25) is 0 Å². The molecule has 1 amide bonds. The van der Waals surface area contributed by atoms with Crippen molar-refractivity contribution in [3.8, 4) is 0 Å². The second-order valence-electron chi connectivity index (χ2n) is 5.57. The number of aliphatic hydroxyl groups is 1. The number of hydrogen-bond acceptors (Lipinski definition) is 3. The Morgan fingerprint density at radius 2 is 2.09 bits per heavy atom. The fourth-order valence-corrected chi connectivity index (χ4v) is 2.04. The molecule has 0 spiro atoms. The molecule has 0 aliphatic heterocycles. The minimum atomic E-state index is -4.50. The summed E-state index contributed by atoms with van der Waals surface area (Å²) in [4.78, 5) is 16.2. The summed E-state index contributed by atoms with van der Waals surface area (Å²) < 4.78 is 39.3.